The average molecular weight is 481 g/mol. The van der Waals surface area contributed by atoms with Crippen molar-refractivity contribution in [3.8, 4) is 5.75 Å². The molecule has 0 bridgehead atoms. The number of rotatable bonds is 8. The second kappa shape index (κ2) is 10.8. The lowest BCUT2D eigenvalue weighted by molar-refractivity contribution is -0.149. The van der Waals surface area contributed by atoms with Gasteiger partial charge in [0.25, 0.3) is 5.91 Å². The van der Waals surface area contributed by atoms with E-state index in [1.807, 2.05) is 0 Å². The van der Waals surface area contributed by atoms with Crippen molar-refractivity contribution < 1.29 is 27.5 Å². The van der Waals surface area contributed by atoms with E-state index in [9.17, 15) is 18.0 Å². The molecule has 0 saturated carbocycles. The number of carbonyl (C=O) groups is 2. The van der Waals surface area contributed by atoms with Crippen molar-refractivity contribution in [2.24, 2.45) is 0 Å². The Kier molecular flexibility index (Phi) is 8.11. The number of carbonyl (C=O) groups excluding carboxylic acids is 2. The number of halogens is 1. The molecule has 172 valence electrons. The third kappa shape index (κ3) is 6.44. The van der Waals surface area contributed by atoms with Crippen LogP contribution in [0.3, 0.4) is 0 Å². The number of nitrogens with zero attached hydrogens (tertiary/aromatic N) is 1. The lowest BCUT2D eigenvalue weighted by Crippen LogP contribution is -2.36. The lowest BCUT2D eigenvalue weighted by atomic mass is 10.2. The maximum atomic E-state index is 13.0. The fraction of sp³-hybridized carbons (Fsp3) is 0.364. The lowest BCUT2D eigenvalue weighted by Gasteiger charge is -2.26. The van der Waals surface area contributed by atoms with Gasteiger partial charge in [-0.15, -0.1) is 0 Å². The standard InChI is InChI=1S/C22H25ClN2O6S/c1-16-5-8-18(13-20(16)32(28,29)25-11-3-2-4-12-25)24-21(26)14-31-22(27)15-30-19-9-6-17(23)7-10-19/h5-10,13H,2-4,11-12,14-15H2,1H3,(H,24,26). The van der Waals surface area contributed by atoms with Gasteiger partial charge >= 0.3 is 5.97 Å². The summed E-state index contributed by atoms with van der Waals surface area (Å²) in [6.07, 6.45) is 2.69. The first-order chi connectivity index (χ1) is 15.3. The molecule has 1 aliphatic heterocycles. The van der Waals surface area contributed by atoms with Gasteiger partial charge in [0.2, 0.25) is 10.0 Å². The van der Waals surface area contributed by atoms with Crippen LogP contribution in [0.5, 0.6) is 5.75 Å². The van der Waals surface area contributed by atoms with Gasteiger partial charge in [-0.2, -0.15) is 4.31 Å². The first-order valence-corrected chi connectivity index (χ1v) is 12.0. The summed E-state index contributed by atoms with van der Waals surface area (Å²) >= 11 is 5.78. The molecule has 2 aromatic carbocycles. The smallest absolute Gasteiger partial charge is 0.344 e. The molecule has 32 heavy (non-hydrogen) atoms. The maximum absolute atomic E-state index is 13.0. The van der Waals surface area contributed by atoms with E-state index in [1.54, 1.807) is 43.3 Å². The number of amides is 1. The monoisotopic (exact) mass is 480 g/mol. The van der Waals surface area contributed by atoms with E-state index in [0.717, 1.165) is 19.3 Å². The molecule has 10 heteroatoms. The van der Waals surface area contributed by atoms with Gasteiger partial charge in [-0.1, -0.05) is 24.1 Å². The number of esters is 1. The molecule has 0 aliphatic carbocycles. The van der Waals surface area contributed by atoms with Crippen LogP contribution in [-0.2, 0) is 24.3 Å². The molecular formula is C22H25ClN2O6S. The highest BCUT2D eigenvalue weighted by atomic mass is 35.5. The Labute approximate surface area is 192 Å². The second-order valence-electron chi connectivity index (χ2n) is 7.40. The van der Waals surface area contributed by atoms with Crippen molar-refractivity contribution in [3.63, 3.8) is 0 Å². The van der Waals surface area contributed by atoms with Crippen molar-refractivity contribution >= 4 is 39.2 Å². The number of benzene rings is 2. The van der Waals surface area contributed by atoms with Crippen LogP contribution in [-0.4, -0.2) is 50.9 Å². The summed E-state index contributed by atoms with van der Waals surface area (Å²) in [6, 6.07) is 11.1. The molecule has 2 aromatic rings. The number of hydrogen-bond donors (Lipinski definition) is 1. The molecule has 8 nitrogen and oxygen atoms in total. The molecule has 1 fully saturated rings. The Hall–Kier alpha value is -2.62. The van der Waals surface area contributed by atoms with Gasteiger partial charge in [-0.3, -0.25) is 4.79 Å². The van der Waals surface area contributed by atoms with Crippen LogP contribution in [0.25, 0.3) is 0 Å². The van der Waals surface area contributed by atoms with Gasteiger partial charge in [0.1, 0.15) is 5.75 Å². The van der Waals surface area contributed by atoms with E-state index in [-0.39, 0.29) is 11.5 Å². The van der Waals surface area contributed by atoms with Gasteiger partial charge < -0.3 is 14.8 Å². The number of nitrogens with one attached hydrogen (secondary N) is 1. The van der Waals surface area contributed by atoms with Crippen LogP contribution < -0.4 is 10.1 Å². The van der Waals surface area contributed by atoms with Crippen LogP contribution in [0, 0.1) is 6.92 Å². The van der Waals surface area contributed by atoms with E-state index in [1.165, 1.54) is 10.4 Å². The Balaban J connectivity index is 1.54. The van der Waals surface area contributed by atoms with E-state index in [4.69, 9.17) is 21.1 Å². The molecular weight excluding hydrogens is 456 g/mol. The van der Waals surface area contributed by atoms with Crippen molar-refractivity contribution in [2.75, 3.05) is 31.6 Å². The van der Waals surface area contributed by atoms with Crippen LogP contribution in [0.15, 0.2) is 47.4 Å². The molecule has 1 amide bonds. The Morgan fingerprint density at radius 1 is 1.03 bits per heavy atom. The SMILES string of the molecule is Cc1ccc(NC(=O)COC(=O)COc2ccc(Cl)cc2)cc1S(=O)(=O)N1CCCCC1. The third-order valence-electron chi connectivity index (χ3n) is 4.94. The molecule has 1 saturated heterocycles. The summed E-state index contributed by atoms with van der Waals surface area (Å²) in [6.45, 7) is 1.81. The zero-order valence-electron chi connectivity index (χ0n) is 17.7. The van der Waals surface area contributed by atoms with Crippen molar-refractivity contribution in [1.82, 2.24) is 4.31 Å². The second-order valence-corrected chi connectivity index (χ2v) is 9.74. The Morgan fingerprint density at radius 2 is 1.72 bits per heavy atom. The predicted octanol–water partition coefficient (Wildman–Crippen LogP) is 3.38. The van der Waals surface area contributed by atoms with Crippen molar-refractivity contribution in [2.45, 2.75) is 31.1 Å². The molecule has 0 aromatic heterocycles. The minimum atomic E-state index is -3.64. The van der Waals surface area contributed by atoms with E-state index in [2.05, 4.69) is 5.32 Å². The van der Waals surface area contributed by atoms with Crippen LogP contribution in [0.1, 0.15) is 24.8 Å². The van der Waals surface area contributed by atoms with Gasteiger partial charge in [-0.25, -0.2) is 13.2 Å². The zero-order chi connectivity index (χ0) is 23.1. The average Bonchev–Trinajstić information content (AvgIpc) is 2.79. The fourth-order valence-electron chi connectivity index (χ4n) is 3.26. The topological polar surface area (TPSA) is 102 Å². The molecule has 3 rings (SSSR count). The van der Waals surface area contributed by atoms with E-state index in [0.29, 0.717) is 35.1 Å². The van der Waals surface area contributed by atoms with Gasteiger partial charge in [-0.05, 0) is 61.7 Å². The highest BCUT2D eigenvalue weighted by Gasteiger charge is 2.27. The Bertz CT molecular complexity index is 1070. The van der Waals surface area contributed by atoms with E-state index >= 15 is 0 Å². The number of piperidine rings is 1. The van der Waals surface area contributed by atoms with Crippen molar-refractivity contribution in [3.05, 3.63) is 53.1 Å². The summed E-state index contributed by atoms with van der Waals surface area (Å²) in [7, 11) is -3.64. The summed E-state index contributed by atoms with van der Waals surface area (Å²) in [5.74, 6) is -0.861. The van der Waals surface area contributed by atoms with Gasteiger partial charge in [0.15, 0.2) is 13.2 Å². The molecule has 0 spiro atoms. The summed E-state index contributed by atoms with van der Waals surface area (Å²) in [5.41, 5.74) is 0.906. The van der Waals surface area contributed by atoms with Gasteiger partial charge in [0, 0.05) is 23.8 Å². The highest BCUT2D eigenvalue weighted by molar-refractivity contribution is 7.89. The number of sulfonamides is 1. The number of ether oxygens (including phenoxy) is 2. The summed E-state index contributed by atoms with van der Waals surface area (Å²) in [5, 5.41) is 3.11. The minimum absolute atomic E-state index is 0.158. The minimum Gasteiger partial charge on any atom is -0.482 e. The third-order valence-corrected chi connectivity index (χ3v) is 7.23. The quantitative estimate of drug-likeness (QED) is 0.581. The van der Waals surface area contributed by atoms with Crippen LogP contribution >= 0.6 is 11.6 Å². The zero-order valence-corrected chi connectivity index (χ0v) is 19.2. The summed E-state index contributed by atoms with van der Waals surface area (Å²) in [4.78, 5) is 24.1. The maximum Gasteiger partial charge on any atom is 0.344 e. The van der Waals surface area contributed by atoms with Gasteiger partial charge in [0.05, 0.1) is 4.90 Å². The predicted molar refractivity (Wildman–Crippen MR) is 120 cm³/mol. The number of aryl methyl sites for hydroxylation is 1. The van der Waals surface area contributed by atoms with Crippen molar-refractivity contribution in [1.29, 1.82) is 0 Å². The number of hydrogen-bond acceptors (Lipinski definition) is 6. The first-order valence-electron chi connectivity index (χ1n) is 10.2. The normalized spacial score (nSPS) is 14.6. The highest BCUT2D eigenvalue weighted by Crippen LogP contribution is 2.26. The summed E-state index contributed by atoms with van der Waals surface area (Å²) < 4.78 is 37.6. The molecule has 1 heterocycles. The first kappa shape index (κ1) is 24.0. The van der Waals surface area contributed by atoms with Crippen LogP contribution in [0.2, 0.25) is 5.02 Å². The Morgan fingerprint density at radius 3 is 2.41 bits per heavy atom. The molecule has 0 unspecified atom stereocenters. The molecule has 1 N–H and O–H groups in total. The largest absolute Gasteiger partial charge is 0.482 e. The van der Waals surface area contributed by atoms with Crippen LogP contribution in [0.4, 0.5) is 5.69 Å². The fourth-order valence-corrected chi connectivity index (χ4v) is 5.15. The number of anilines is 1. The molecule has 1 aliphatic rings. The molecule has 0 atom stereocenters. The molecule has 0 radical (unpaired) electrons. The van der Waals surface area contributed by atoms with E-state index < -0.39 is 28.5 Å².